The zero-order valence-electron chi connectivity index (χ0n) is 24.8. The lowest BCUT2D eigenvalue weighted by Crippen LogP contribution is -2.24. The lowest BCUT2D eigenvalue weighted by atomic mass is 10.1. The first-order chi connectivity index (χ1) is 20.3. The van der Waals surface area contributed by atoms with E-state index in [9.17, 15) is 4.79 Å². The van der Waals surface area contributed by atoms with Crippen LogP contribution in [0.1, 0.15) is 56.5 Å². The Labute approximate surface area is 236 Å². The molecule has 13 heteroatoms. The van der Waals surface area contributed by atoms with Gasteiger partial charge in [0.2, 0.25) is 0 Å². The Balaban J connectivity index is 1.41. The number of hydrogen-bond acceptors (Lipinski definition) is 7. The number of halogens is 3. The molecule has 1 fully saturated rings. The van der Waals surface area contributed by atoms with Crippen molar-refractivity contribution in [3.8, 4) is 22.8 Å². The molecule has 5 aromatic heterocycles. The van der Waals surface area contributed by atoms with E-state index >= 15 is 8.78 Å². The van der Waals surface area contributed by atoms with E-state index < -0.39 is 24.2 Å². The summed E-state index contributed by atoms with van der Waals surface area (Å²) in [6.07, 6.45) is 4.66. The van der Waals surface area contributed by atoms with Crippen molar-refractivity contribution in [3.05, 3.63) is 91.9 Å². The first kappa shape index (κ1) is 22.5. The largest absolute Gasteiger partial charge is 0.277 e. The molecule has 0 aliphatic heterocycles. The summed E-state index contributed by atoms with van der Waals surface area (Å²) >= 11 is 6.59. The Hall–Kier alpha value is -4.32. The molecule has 10 nitrogen and oxygen atoms in total. The van der Waals surface area contributed by atoms with E-state index in [-0.39, 0.29) is 39.6 Å². The van der Waals surface area contributed by atoms with Gasteiger partial charge in [0.25, 0.3) is 5.56 Å². The van der Waals surface area contributed by atoms with Gasteiger partial charge in [-0.25, -0.2) is 18.7 Å². The van der Waals surface area contributed by atoms with Crippen LogP contribution < -0.4 is 5.56 Å². The minimum absolute atomic E-state index is 0.104. The molecule has 1 aliphatic rings. The fourth-order valence-electron chi connectivity index (χ4n) is 5.10. The Bertz CT molecular complexity index is 1990. The molecule has 0 radical (unpaired) electrons. The van der Waals surface area contributed by atoms with Crippen molar-refractivity contribution < 1.29 is 12.9 Å². The third-order valence-corrected chi connectivity index (χ3v) is 7.42. The third kappa shape index (κ3) is 4.10. The highest BCUT2D eigenvalue weighted by Crippen LogP contribution is 2.55. The lowest BCUT2D eigenvalue weighted by molar-refractivity contribution is 0.588. The number of hydrogen-bond donors (Lipinski definition) is 0. The molecule has 204 valence electrons. The SMILES string of the molecule is [2H]C([2H])([2H])n1ncc([C@H]2C[C@@H]2c2cc(C)n(-c3c(C)cnc(-c4ccnc(-n5nc(C)nc5C)c4F)c3F)c(=O)c2Cl)n1. The molecule has 1 aliphatic carbocycles. The zero-order valence-corrected chi connectivity index (χ0v) is 22.6. The summed E-state index contributed by atoms with van der Waals surface area (Å²) in [6, 6.07) is 2.99. The average molecular weight is 567 g/mol. The maximum absolute atomic E-state index is 16.3. The maximum Gasteiger partial charge on any atom is 0.274 e. The van der Waals surface area contributed by atoms with Crippen molar-refractivity contribution in [2.24, 2.45) is 6.98 Å². The second-order valence-corrected chi connectivity index (χ2v) is 10.1. The lowest BCUT2D eigenvalue weighted by Gasteiger charge is -2.18. The summed E-state index contributed by atoms with van der Waals surface area (Å²) in [7, 11) is 0. The van der Waals surface area contributed by atoms with Crippen molar-refractivity contribution in [1.29, 1.82) is 0 Å². The molecule has 0 N–H and O–H groups in total. The molecule has 2 atom stereocenters. The molecular formula is C27H24ClF2N9O. The van der Waals surface area contributed by atoms with Gasteiger partial charge in [0, 0.05) is 40.7 Å². The minimum atomic E-state index is -2.50. The monoisotopic (exact) mass is 566 g/mol. The van der Waals surface area contributed by atoms with Crippen LogP contribution in [-0.2, 0) is 6.98 Å². The smallest absolute Gasteiger partial charge is 0.274 e. The molecule has 1 saturated carbocycles. The van der Waals surface area contributed by atoms with E-state index in [4.69, 9.17) is 15.7 Å². The second-order valence-electron chi connectivity index (χ2n) is 9.77. The van der Waals surface area contributed by atoms with Crippen LogP contribution in [0.25, 0.3) is 22.8 Å². The van der Waals surface area contributed by atoms with Gasteiger partial charge in [-0.1, -0.05) is 11.6 Å². The zero-order chi connectivity index (χ0) is 31.0. The molecule has 5 heterocycles. The molecule has 0 saturated heterocycles. The van der Waals surface area contributed by atoms with Gasteiger partial charge in [-0.15, -0.1) is 5.10 Å². The number of nitrogens with zero attached hydrogens (tertiary/aromatic N) is 9. The van der Waals surface area contributed by atoms with Gasteiger partial charge in [-0.05, 0) is 63.3 Å². The Morgan fingerprint density at radius 2 is 1.88 bits per heavy atom. The molecule has 0 spiro atoms. The van der Waals surface area contributed by atoms with E-state index in [1.165, 1.54) is 29.3 Å². The maximum atomic E-state index is 16.3. The predicted octanol–water partition coefficient (Wildman–Crippen LogP) is 4.44. The molecule has 5 aromatic rings. The highest BCUT2D eigenvalue weighted by Gasteiger charge is 2.43. The Morgan fingerprint density at radius 3 is 2.58 bits per heavy atom. The quantitative estimate of drug-likeness (QED) is 0.309. The van der Waals surface area contributed by atoms with Crippen molar-refractivity contribution in [3.63, 3.8) is 0 Å². The van der Waals surface area contributed by atoms with Crippen molar-refractivity contribution >= 4 is 11.6 Å². The van der Waals surface area contributed by atoms with E-state index in [0.29, 0.717) is 45.4 Å². The number of aryl methyl sites for hydroxylation is 5. The average Bonchev–Trinajstić information content (AvgIpc) is 3.40. The molecule has 0 unspecified atom stereocenters. The second kappa shape index (κ2) is 9.40. The van der Waals surface area contributed by atoms with Crippen LogP contribution in [-0.4, -0.2) is 44.3 Å². The van der Waals surface area contributed by atoms with Gasteiger partial charge in [0.15, 0.2) is 17.5 Å². The highest BCUT2D eigenvalue weighted by molar-refractivity contribution is 6.31. The van der Waals surface area contributed by atoms with Gasteiger partial charge in [-0.2, -0.15) is 19.7 Å². The topological polar surface area (TPSA) is 109 Å². The van der Waals surface area contributed by atoms with Gasteiger partial charge in [0.1, 0.15) is 22.4 Å². The third-order valence-electron chi connectivity index (χ3n) is 7.04. The van der Waals surface area contributed by atoms with Crippen molar-refractivity contribution in [2.75, 3.05) is 0 Å². The summed E-state index contributed by atoms with van der Waals surface area (Å²) in [5, 5.41) is 12.0. The summed E-state index contributed by atoms with van der Waals surface area (Å²) < 4.78 is 56.9. The fraction of sp³-hybridized carbons (Fsp3) is 0.296. The number of rotatable bonds is 5. The van der Waals surface area contributed by atoms with Gasteiger partial charge < -0.3 is 0 Å². The van der Waals surface area contributed by atoms with Crippen molar-refractivity contribution in [2.45, 2.75) is 46.0 Å². The standard InChI is InChI=1S/C27H24ClF2N9O/c1-12-10-32-24(16-6-7-31-26(22(16)29)39-15(4)34-14(3)35-39)23(30)25(12)38-13(2)8-19(21(28)27(38)40)17-9-18(17)20-11-33-37(5)36-20/h6-8,10-11,17-18H,9H2,1-5H3/t17-,18-/m0/s1/i5D3. The summed E-state index contributed by atoms with van der Waals surface area (Å²) in [5.74, 6) is -1.49. The number of aromatic nitrogens is 9. The van der Waals surface area contributed by atoms with Crippen LogP contribution in [0.2, 0.25) is 5.02 Å². The van der Waals surface area contributed by atoms with Crippen LogP contribution >= 0.6 is 11.6 Å². The summed E-state index contributed by atoms with van der Waals surface area (Å²) in [6.45, 7) is 4.03. The minimum Gasteiger partial charge on any atom is -0.277 e. The van der Waals surface area contributed by atoms with E-state index in [1.54, 1.807) is 33.8 Å². The fourth-order valence-corrected chi connectivity index (χ4v) is 5.38. The van der Waals surface area contributed by atoms with E-state index in [0.717, 1.165) is 4.57 Å². The van der Waals surface area contributed by atoms with E-state index in [1.807, 2.05) is 0 Å². The Morgan fingerprint density at radius 1 is 1.07 bits per heavy atom. The highest BCUT2D eigenvalue weighted by atomic mass is 35.5. The first-order valence-electron chi connectivity index (χ1n) is 13.8. The van der Waals surface area contributed by atoms with E-state index in [2.05, 4.69) is 30.2 Å². The first-order valence-corrected chi connectivity index (χ1v) is 12.7. The molecule has 0 aromatic carbocycles. The molecule has 40 heavy (non-hydrogen) atoms. The van der Waals surface area contributed by atoms with Crippen LogP contribution in [0, 0.1) is 39.3 Å². The molecule has 0 bridgehead atoms. The van der Waals surface area contributed by atoms with Crippen LogP contribution in [0.5, 0.6) is 0 Å². The normalized spacial score (nSPS) is 17.9. The molecular weight excluding hydrogens is 540 g/mol. The van der Waals surface area contributed by atoms with Crippen LogP contribution in [0.3, 0.4) is 0 Å². The summed E-state index contributed by atoms with van der Waals surface area (Å²) in [4.78, 5) is 26.7. The molecule has 0 amide bonds. The van der Waals surface area contributed by atoms with Crippen LogP contribution in [0.4, 0.5) is 8.78 Å². The van der Waals surface area contributed by atoms with Gasteiger partial charge in [0.05, 0.1) is 17.6 Å². The van der Waals surface area contributed by atoms with Crippen molar-refractivity contribution in [1.82, 2.24) is 44.3 Å². The van der Waals surface area contributed by atoms with Crippen LogP contribution in [0.15, 0.2) is 35.5 Å². The van der Waals surface area contributed by atoms with Gasteiger partial charge in [-0.3, -0.25) is 14.3 Å². The predicted molar refractivity (Wildman–Crippen MR) is 143 cm³/mol. The number of pyridine rings is 3. The molecule has 6 rings (SSSR count). The summed E-state index contributed by atoms with van der Waals surface area (Å²) in [5.41, 5.74) is 0.497. The Kier molecular flexibility index (Phi) is 5.29. The van der Waals surface area contributed by atoms with Gasteiger partial charge >= 0.3 is 0 Å².